The summed E-state index contributed by atoms with van der Waals surface area (Å²) in [6.45, 7) is 8.41. The van der Waals surface area contributed by atoms with E-state index in [4.69, 9.17) is 9.47 Å². The van der Waals surface area contributed by atoms with Gasteiger partial charge < -0.3 is 14.8 Å². The number of ether oxygens (including phenoxy) is 2. The first-order valence-corrected chi connectivity index (χ1v) is 6.17. The smallest absolute Gasteiger partial charge is 0.0968 e. The van der Waals surface area contributed by atoms with Gasteiger partial charge in [-0.25, -0.2) is 0 Å². The van der Waals surface area contributed by atoms with Crippen LogP contribution in [0, 0.1) is 0 Å². The fourth-order valence-corrected chi connectivity index (χ4v) is 2.45. The molecule has 2 saturated heterocycles. The van der Waals surface area contributed by atoms with E-state index in [-0.39, 0.29) is 11.7 Å². The van der Waals surface area contributed by atoms with Gasteiger partial charge >= 0.3 is 0 Å². The predicted molar refractivity (Wildman–Crippen MR) is 60.0 cm³/mol. The fraction of sp³-hybridized carbons (Fsp3) is 1.00. The molecule has 2 aliphatic heterocycles. The molecule has 15 heavy (non-hydrogen) atoms. The van der Waals surface area contributed by atoms with Crippen LogP contribution in [0.5, 0.6) is 0 Å². The van der Waals surface area contributed by atoms with Gasteiger partial charge in [-0.05, 0) is 33.1 Å². The van der Waals surface area contributed by atoms with Gasteiger partial charge in [0.2, 0.25) is 0 Å². The lowest BCUT2D eigenvalue weighted by Gasteiger charge is -2.40. The van der Waals surface area contributed by atoms with E-state index in [9.17, 15) is 0 Å². The van der Waals surface area contributed by atoms with Gasteiger partial charge in [0.15, 0.2) is 0 Å². The summed E-state index contributed by atoms with van der Waals surface area (Å²) in [4.78, 5) is 0. The van der Waals surface area contributed by atoms with Crippen molar-refractivity contribution in [2.24, 2.45) is 0 Å². The quantitative estimate of drug-likeness (QED) is 0.757. The Bertz CT molecular complexity index is 222. The molecule has 0 amide bonds. The molecule has 0 aromatic carbocycles. The maximum atomic E-state index is 6.17. The summed E-state index contributed by atoms with van der Waals surface area (Å²) < 4.78 is 12.0. The molecule has 0 saturated carbocycles. The van der Waals surface area contributed by atoms with Crippen LogP contribution in [0.1, 0.15) is 40.0 Å². The molecule has 0 bridgehead atoms. The number of nitrogens with one attached hydrogen (secondary N) is 1. The van der Waals surface area contributed by atoms with Gasteiger partial charge in [0.05, 0.1) is 23.9 Å². The van der Waals surface area contributed by atoms with Crippen LogP contribution < -0.4 is 5.32 Å². The summed E-state index contributed by atoms with van der Waals surface area (Å²) in [5, 5.41) is 3.46. The van der Waals surface area contributed by atoms with Crippen molar-refractivity contribution in [3.8, 4) is 0 Å². The summed E-state index contributed by atoms with van der Waals surface area (Å²) in [6.07, 6.45) is 4.33. The highest BCUT2D eigenvalue weighted by molar-refractivity contribution is 4.89. The third-order valence-corrected chi connectivity index (χ3v) is 3.71. The molecule has 0 aromatic rings. The Balaban J connectivity index is 1.92. The Kier molecular flexibility index (Phi) is 3.33. The van der Waals surface area contributed by atoms with E-state index in [1.807, 2.05) is 0 Å². The van der Waals surface area contributed by atoms with Crippen molar-refractivity contribution in [3.05, 3.63) is 0 Å². The zero-order valence-corrected chi connectivity index (χ0v) is 10.1. The zero-order chi connectivity index (χ0) is 10.9. The molecule has 1 N–H and O–H groups in total. The van der Waals surface area contributed by atoms with E-state index < -0.39 is 0 Å². The Morgan fingerprint density at radius 2 is 2.13 bits per heavy atom. The van der Waals surface area contributed by atoms with E-state index in [0.29, 0.717) is 12.2 Å². The fourth-order valence-electron chi connectivity index (χ4n) is 2.45. The molecule has 0 aliphatic carbocycles. The molecule has 0 radical (unpaired) electrons. The second kappa shape index (κ2) is 4.40. The summed E-state index contributed by atoms with van der Waals surface area (Å²) >= 11 is 0. The van der Waals surface area contributed by atoms with Gasteiger partial charge in [-0.3, -0.25) is 0 Å². The maximum Gasteiger partial charge on any atom is 0.0968 e. The van der Waals surface area contributed by atoms with E-state index in [1.165, 1.54) is 6.42 Å². The lowest BCUT2D eigenvalue weighted by molar-refractivity contribution is -0.155. The second-order valence-electron chi connectivity index (χ2n) is 5.15. The molecule has 0 aromatic heterocycles. The molecule has 3 nitrogen and oxygen atoms in total. The van der Waals surface area contributed by atoms with Crippen molar-refractivity contribution in [2.75, 3.05) is 13.1 Å². The van der Waals surface area contributed by atoms with Gasteiger partial charge in [0.1, 0.15) is 0 Å². The molecule has 2 aliphatic rings. The molecule has 2 heterocycles. The topological polar surface area (TPSA) is 30.5 Å². The standard InChI is InChI=1S/C12H23NO2/c1-4-12(3)8-13-7-11(15-12)10-6-5-9(2)14-10/h9-11,13H,4-8H2,1-3H3. The van der Waals surface area contributed by atoms with Crippen LogP contribution in [0.15, 0.2) is 0 Å². The highest BCUT2D eigenvalue weighted by Gasteiger charge is 2.38. The van der Waals surface area contributed by atoms with Crippen LogP contribution in [0.4, 0.5) is 0 Å². The van der Waals surface area contributed by atoms with Crippen molar-refractivity contribution in [2.45, 2.75) is 63.9 Å². The van der Waals surface area contributed by atoms with Crippen molar-refractivity contribution < 1.29 is 9.47 Å². The first kappa shape index (κ1) is 11.4. The monoisotopic (exact) mass is 213 g/mol. The minimum Gasteiger partial charge on any atom is -0.373 e. The van der Waals surface area contributed by atoms with E-state index in [1.54, 1.807) is 0 Å². The molecule has 88 valence electrons. The van der Waals surface area contributed by atoms with Crippen LogP contribution in [0.25, 0.3) is 0 Å². The zero-order valence-electron chi connectivity index (χ0n) is 10.1. The normalized spacial score (nSPS) is 47.0. The Labute approximate surface area is 92.5 Å². The van der Waals surface area contributed by atoms with Gasteiger partial charge in [-0.2, -0.15) is 0 Å². The second-order valence-corrected chi connectivity index (χ2v) is 5.15. The third kappa shape index (κ3) is 2.52. The number of hydrogen-bond acceptors (Lipinski definition) is 3. The van der Waals surface area contributed by atoms with Crippen LogP contribution in [-0.2, 0) is 9.47 Å². The molecular weight excluding hydrogens is 190 g/mol. The number of rotatable bonds is 2. The highest BCUT2D eigenvalue weighted by Crippen LogP contribution is 2.28. The van der Waals surface area contributed by atoms with E-state index >= 15 is 0 Å². The first-order valence-electron chi connectivity index (χ1n) is 6.17. The van der Waals surface area contributed by atoms with Gasteiger partial charge in [0, 0.05) is 13.1 Å². The van der Waals surface area contributed by atoms with Crippen molar-refractivity contribution in [1.82, 2.24) is 5.32 Å². The molecule has 3 heteroatoms. The third-order valence-electron chi connectivity index (χ3n) is 3.71. The molecule has 4 unspecified atom stereocenters. The number of hydrogen-bond donors (Lipinski definition) is 1. The van der Waals surface area contributed by atoms with Gasteiger partial charge in [0.25, 0.3) is 0 Å². The number of morpholine rings is 1. The Morgan fingerprint density at radius 3 is 2.73 bits per heavy atom. The first-order chi connectivity index (χ1) is 7.13. The van der Waals surface area contributed by atoms with Gasteiger partial charge in [-0.1, -0.05) is 6.92 Å². The van der Waals surface area contributed by atoms with Crippen molar-refractivity contribution in [3.63, 3.8) is 0 Å². The van der Waals surface area contributed by atoms with E-state index in [2.05, 4.69) is 26.1 Å². The average molecular weight is 213 g/mol. The van der Waals surface area contributed by atoms with Crippen LogP contribution in [0.2, 0.25) is 0 Å². The van der Waals surface area contributed by atoms with Crippen LogP contribution >= 0.6 is 0 Å². The lowest BCUT2D eigenvalue weighted by Crippen LogP contribution is -2.55. The lowest BCUT2D eigenvalue weighted by atomic mass is 9.99. The average Bonchev–Trinajstić information content (AvgIpc) is 2.65. The Hall–Kier alpha value is -0.120. The Morgan fingerprint density at radius 1 is 1.33 bits per heavy atom. The molecule has 2 fully saturated rings. The molecule has 4 atom stereocenters. The van der Waals surface area contributed by atoms with Crippen molar-refractivity contribution >= 4 is 0 Å². The van der Waals surface area contributed by atoms with Crippen molar-refractivity contribution in [1.29, 1.82) is 0 Å². The molecule has 2 rings (SSSR count). The summed E-state index contributed by atoms with van der Waals surface area (Å²) in [5.41, 5.74) is -0.00188. The minimum absolute atomic E-state index is 0.00188. The SMILES string of the molecule is CCC1(C)CNCC(C2CCC(C)O2)O1. The van der Waals surface area contributed by atoms with Gasteiger partial charge in [-0.15, -0.1) is 0 Å². The largest absolute Gasteiger partial charge is 0.373 e. The summed E-state index contributed by atoms with van der Waals surface area (Å²) in [7, 11) is 0. The summed E-state index contributed by atoms with van der Waals surface area (Å²) in [5.74, 6) is 0. The van der Waals surface area contributed by atoms with Crippen LogP contribution in [0.3, 0.4) is 0 Å². The molecular formula is C12H23NO2. The molecule has 0 spiro atoms. The highest BCUT2D eigenvalue weighted by atomic mass is 16.6. The summed E-state index contributed by atoms with van der Waals surface area (Å²) in [6, 6.07) is 0. The minimum atomic E-state index is -0.00188. The van der Waals surface area contributed by atoms with E-state index in [0.717, 1.165) is 25.9 Å². The van der Waals surface area contributed by atoms with Crippen LogP contribution in [-0.4, -0.2) is 37.0 Å². The maximum absolute atomic E-state index is 6.17. The predicted octanol–water partition coefficient (Wildman–Crippen LogP) is 1.71.